The Bertz CT molecular complexity index is 444. The quantitative estimate of drug-likeness (QED) is 0.513. The standard InChI is InChI=1S/C18H28O2P/c1-4-5-6-10-13-21(14-17-11-8-7-9-12-17)19-15-18(2,3)16-20-21/h6-12H,4-5,13-16H2,1-3H3/q+1/b10-6+. The van der Waals surface area contributed by atoms with Gasteiger partial charge >= 0.3 is 0 Å². The SMILES string of the molecule is CCC/C=C/C[P+]1(Cc2ccccc2)OCC(C)(C)CO1. The van der Waals surface area contributed by atoms with Crippen molar-refractivity contribution in [3.05, 3.63) is 48.0 Å². The van der Waals surface area contributed by atoms with Crippen molar-refractivity contribution in [1.29, 1.82) is 0 Å². The molecule has 1 aliphatic heterocycles. The molecule has 1 heterocycles. The highest BCUT2D eigenvalue weighted by atomic mass is 31.2. The smallest absolute Gasteiger partial charge is 0.205 e. The minimum absolute atomic E-state index is 0.132. The van der Waals surface area contributed by atoms with E-state index in [4.69, 9.17) is 9.05 Å². The van der Waals surface area contributed by atoms with Crippen LogP contribution in [-0.2, 0) is 15.2 Å². The fourth-order valence-electron chi connectivity index (χ4n) is 2.31. The number of allylic oxidation sites excluding steroid dienone is 2. The van der Waals surface area contributed by atoms with E-state index in [1.54, 1.807) is 0 Å². The Balaban J connectivity index is 2.07. The second-order valence-corrected chi connectivity index (χ2v) is 9.44. The van der Waals surface area contributed by atoms with Crippen LogP contribution in [0.3, 0.4) is 0 Å². The Labute approximate surface area is 130 Å². The first kappa shape index (κ1) is 16.7. The number of unbranched alkanes of at least 4 members (excludes halogenated alkanes) is 1. The first-order valence-electron chi connectivity index (χ1n) is 7.90. The topological polar surface area (TPSA) is 18.5 Å². The van der Waals surface area contributed by atoms with E-state index in [9.17, 15) is 0 Å². The van der Waals surface area contributed by atoms with Gasteiger partial charge in [-0.1, -0.05) is 63.6 Å². The Hall–Kier alpha value is -0.690. The van der Waals surface area contributed by atoms with Crippen molar-refractivity contribution < 1.29 is 9.05 Å². The van der Waals surface area contributed by atoms with Crippen LogP contribution in [0, 0.1) is 5.41 Å². The summed E-state index contributed by atoms with van der Waals surface area (Å²) in [6, 6.07) is 10.6. The van der Waals surface area contributed by atoms with Crippen LogP contribution in [0.25, 0.3) is 0 Å². The summed E-state index contributed by atoms with van der Waals surface area (Å²) in [5, 5.41) is 0. The zero-order valence-corrected chi connectivity index (χ0v) is 14.4. The van der Waals surface area contributed by atoms with Gasteiger partial charge in [-0.25, -0.2) is 9.05 Å². The van der Waals surface area contributed by atoms with Gasteiger partial charge in [0, 0.05) is 5.41 Å². The summed E-state index contributed by atoms with van der Waals surface area (Å²) in [6.45, 7) is 8.21. The lowest BCUT2D eigenvalue weighted by atomic mass is 9.97. The molecule has 116 valence electrons. The van der Waals surface area contributed by atoms with Gasteiger partial charge in [0.1, 0.15) is 25.5 Å². The zero-order valence-electron chi connectivity index (χ0n) is 13.5. The predicted octanol–water partition coefficient (Wildman–Crippen LogP) is 5.46. The summed E-state index contributed by atoms with van der Waals surface area (Å²) in [4.78, 5) is 0. The van der Waals surface area contributed by atoms with Crippen molar-refractivity contribution in [3.63, 3.8) is 0 Å². The molecule has 2 rings (SSSR count). The highest BCUT2D eigenvalue weighted by Gasteiger charge is 2.48. The monoisotopic (exact) mass is 307 g/mol. The van der Waals surface area contributed by atoms with Crippen molar-refractivity contribution >= 4 is 7.72 Å². The van der Waals surface area contributed by atoms with Crippen molar-refractivity contribution in [3.8, 4) is 0 Å². The van der Waals surface area contributed by atoms with Gasteiger partial charge in [0.15, 0.2) is 0 Å². The minimum atomic E-state index is -1.82. The molecule has 0 N–H and O–H groups in total. The molecule has 0 amide bonds. The Morgan fingerprint density at radius 2 is 1.76 bits per heavy atom. The molecule has 1 saturated heterocycles. The van der Waals surface area contributed by atoms with Crippen LogP contribution in [0.15, 0.2) is 42.5 Å². The number of rotatable bonds is 6. The van der Waals surface area contributed by atoms with Crippen molar-refractivity contribution in [2.45, 2.75) is 39.8 Å². The second kappa shape index (κ2) is 7.54. The van der Waals surface area contributed by atoms with Crippen LogP contribution in [0.5, 0.6) is 0 Å². The maximum atomic E-state index is 6.30. The molecule has 21 heavy (non-hydrogen) atoms. The second-order valence-electron chi connectivity index (χ2n) is 6.61. The minimum Gasteiger partial charge on any atom is -0.205 e. The summed E-state index contributed by atoms with van der Waals surface area (Å²) < 4.78 is 12.6. The molecule has 0 aliphatic carbocycles. The zero-order chi connectivity index (χ0) is 15.2. The molecular formula is C18H28O2P+. The molecule has 3 heteroatoms. The third-order valence-electron chi connectivity index (χ3n) is 3.65. The third-order valence-corrected chi connectivity index (χ3v) is 6.47. The van der Waals surface area contributed by atoms with Crippen LogP contribution in [0.2, 0.25) is 0 Å². The number of benzene rings is 1. The summed E-state index contributed by atoms with van der Waals surface area (Å²) in [7, 11) is -1.82. The molecule has 0 unspecified atom stereocenters. The summed E-state index contributed by atoms with van der Waals surface area (Å²) in [6.07, 6.45) is 8.70. The molecule has 1 aromatic carbocycles. The van der Waals surface area contributed by atoms with Gasteiger partial charge in [0.2, 0.25) is 0 Å². The maximum Gasteiger partial charge on any atom is 0.283 e. The van der Waals surface area contributed by atoms with Gasteiger partial charge in [0.05, 0.1) is 0 Å². The van der Waals surface area contributed by atoms with Crippen molar-refractivity contribution in [1.82, 2.24) is 0 Å². The molecule has 1 aromatic rings. The van der Waals surface area contributed by atoms with Crippen molar-refractivity contribution in [2.75, 3.05) is 19.4 Å². The normalized spacial score (nSPS) is 20.7. The first-order chi connectivity index (χ1) is 10.1. The van der Waals surface area contributed by atoms with E-state index in [0.29, 0.717) is 0 Å². The van der Waals surface area contributed by atoms with Crippen molar-refractivity contribution in [2.24, 2.45) is 5.41 Å². The fraction of sp³-hybridized carbons (Fsp3) is 0.556. The fourth-order valence-corrected chi connectivity index (χ4v) is 5.31. The van der Waals surface area contributed by atoms with Crippen LogP contribution in [0.1, 0.15) is 39.2 Å². The van der Waals surface area contributed by atoms with Crippen LogP contribution in [0.4, 0.5) is 0 Å². The highest BCUT2D eigenvalue weighted by Crippen LogP contribution is 2.66. The average molecular weight is 307 g/mol. The van der Waals surface area contributed by atoms with Gasteiger partial charge in [-0.2, -0.15) is 0 Å². The lowest BCUT2D eigenvalue weighted by molar-refractivity contribution is 0.0510. The molecule has 0 radical (unpaired) electrons. The van der Waals surface area contributed by atoms with Gasteiger partial charge in [-0.3, -0.25) is 0 Å². The van der Waals surface area contributed by atoms with E-state index in [2.05, 4.69) is 63.3 Å². The van der Waals surface area contributed by atoms with Gasteiger partial charge < -0.3 is 0 Å². The average Bonchev–Trinajstić information content (AvgIpc) is 2.48. The molecule has 1 fully saturated rings. The molecular weight excluding hydrogens is 279 g/mol. The largest absolute Gasteiger partial charge is 0.283 e. The van der Waals surface area contributed by atoms with Gasteiger partial charge in [-0.05, 0) is 18.1 Å². The summed E-state index contributed by atoms with van der Waals surface area (Å²) in [5.41, 5.74) is 1.45. The predicted molar refractivity (Wildman–Crippen MR) is 91.7 cm³/mol. The molecule has 0 aromatic heterocycles. The maximum absolute atomic E-state index is 6.30. The number of hydrogen-bond donors (Lipinski definition) is 0. The summed E-state index contributed by atoms with van der Waals surface area (Å²) >= 11 is 0. The molecule has 0 atom stereocenters. The van der Waals surface area contributed by atoms with E-state index in [0.717, 1.165) is 32.0 Å². The summed E-state index contributed by atoms with van der Waals surface area (Å²) in [5.74, 6) is 0. The third kappa shape index (κ3) is 5.21. The molecule has 1 aliphatic rings. The molecule has 0 bridgehead atoms. The van der Waals surface area contributed by atoms with E-state index in [1.165, 1.54) is 12.0 Å². The molecule has 2 nitrogen and oxygen atoms in total. The number of hydrogen-bond acceptors (Lipinski definition) is 2. The Morgan fingerprint density at radius 3 is 2.38 bits per heavy atom. The van der Waals surface area contributed by atoms with E-state index < -0.39 is 7.72 Å². The lowest BCUT2D eigenvalue weighted by Gasteiger charge is -2.35. The molecule has 0 saturated carbocycles. The highest BCUT2D eigenvalue weighted by molar-refractivity contribution is 7.66. The lowest BCUT2D eigenvalue weighted by Crippen LogP contribution is -2.32. The van der Waals surface area contributed by atoms with Gasteiger partial charge in [0.25, 0.3) is 7.72 Å². The van der Waals surface area contributed by atoms with E-state index in [-0.39, 0.29) is 5.41 Å². The Kier molecular flexibility index (Phi) is 5.98. The van der Waals surface area contributed by atoms with Crippen LogP contribution >= 0.6 is 7.72 Å². The van der Waals surface area contributed by atoms with E-state index in [1.807, 2.05) is 0 Å². The van der Waals surface area contributed by atoms with Crippen LogP contribution < -0.4 is 0 Å². The van der Waals surface area contributed by atoms with E-state index >= 15 is 0 Å². The first-order valence-corrected chi connectivity index (χ1v) is 9.90. The van der Waals surface area contributed by atoms with Gasteiger partial charge in [-0.15, -0.1) is 0 Å². The Morgan fingerprint density at radius 1 is 1.10 bits per heavy atom. The molecule has 0 spiro atoms. The van der Waals surface area contributed by atoms with Crippen LogP contribution in [-0.4, -0.2) is 19.4 Å².